The highest BCUT2D eigenvalue weighted by molar-refractivity contribution is 5.94. The normalized spacial score (nSPS) is 10.9. The third-order valence-electron chi connectivity index (χ3n) is 3.90. The number of carbonyl (C=O) groups excluding carboxylic acids is 2. The van der Waals surface area contributed by atoms with E-state index in [0.29, 0.717) is 23.8 Å². The van der Waals surface area contributed by atoms with Gasteiger partial charge in [-0.05, 0) is 42.2 Å². The molecule has 0 aliphatic rings. The summed E-state index contributed by atoms with van der Waals surface area (Å²) in [5.74, 6) is 0.0648. The molecule has 0 saturated heterocycles. The third kappa shape index (κ3) is 6.61. The van der Waals surface area contributed by atoms with Gasteiger partial charge in [0.15, 0.2) is 13.2 Å². The van der Waals surface area contributed by atoms with E-state index in [0.717, 1.165) is 0 Å². The molecule has 150 valence electrons. The van der Waals surface area contributed by atoms with Crippen LogP contribution in [0.4, 0.5) is 5.69 Å². The van der Waals surface area contributed by atoms with Crippen LogP contribution in [0.5, 0.6) is 11.5 Å². The SMILES string of the molecule is CCOc1ccccc1NC(=O)COC(=O)COc1ccc(C(C)(C)C)cc1. The van der Waals surface area contributed by atoms with Crippen molar-refractivity contribution in [3.63, 3.8) is 0 Å². The average molecular weight is 385 g/mol. The van der Waals surface area contributed by atoms with Crippen LogP contribution in [0.25, 0.3) is 0 Å². The van der Waals surface area contributed by atoms with E-state index in [4.69, 9.17) is 14.2 Å². The van der Waals surface area contributed by atoms with Crippen molar-refractivity contribution in [2.45, 2.75) is 33.1 Å². The Kier molecular flexibility index (Phi) is 7.44. The molecule has 0 atom stereocenters. The van der Waals surface area contributed by atoms with Gasteiger partial charge >= 0.3 is 5.97 Å². The number of rotatable bonds is 8. The lowest BCUT2D eigenvalue weighted by Gasteiger charge is -2.19. The van der Waals surface area contributed by atoms with Crippen LogP contribution in [0.2, 0.25) is 0 Å². The Labute approximate surface area is 165 Å². The molecule has 6 nitrogen and oxygen atoms in total. The zero-order valence-electron chi connectivity index (χ0n) is 16.8. The molecule has 2 aromatic carbocycles. The second-order valence-corrected chi connectivity index (χ2v) is 7.20. The fraction of sp³-hybridized carbons (Fsp3) is 0.364. The van der Waals surface area contributed by atoms with Crippen molar-refractivity contribution in [2.24, 2.45) is 0 Å². The Morgan fingerprint density at radius 3 is 2.25 bits per heavy atom. The molecule has 0 fully saturated rings. The lowest BCUT2D eigenvalue weighted by molar-refractivity contribution is -0.149. The van der Waals surface area contributed by atoms with E-state index >= 15 is 0 Å². The van der Waals surface area contributed by atoms with Gasteiger partial charge in [-0.2, -0.15) is 0 Å². The minimum absolute atomic E-state index is 0.0472. The van der Waals surface area contributed by atoms with E-state index in [-0.39, 0.29) is 12.0 Å². The van der Waals surface area contributed by atoms with E-state index in [1.54, 1.807) is 18.2 Å². The van der Waals surface area contributed by atoms with Gasteiger partial charge < -0.3 is 19.5 Å². The molecule has 2 rings (SSSR count). The summed E-state index contributed by atoms with van der Waals surface area (Å²) >= 11 is 0. The van der Waals surface area contributed by atoms with Gasteiger partial charge in [0.05, 0.1) is 12.3 Å². The van der Waals surface area contributed by atoms with Gasteiger partial charge in [0.1, 0.15) is 11.5 Å². The second-order valence-electron chi connectivity index (χ2n) is 7.20. The Bertz CT molecular complexity index is 793. The number of hydrogen-bond acceptors (Lipinski definition) is 5. The molecule has 2 aromatic rings. The molecular formula is C22H27NO5. The maximum Gasteiger partial charge on any atom is 0.344 e. The molecule has 0 heterocycles. The number of amides is 1. The Morgan fingerprint density at radius 2 is 1.61 bits per heavy atom. The quantitative estimate of drug-likeness (QED) is 0.697. The van der Waals surface area contributed by atoms with Crippen molar-refractivity contribution < 1.29 is 23.8 Å². The molecule has 1 N–H and O–H groups in total. The Hall–Kier alpha value is -3.02. The lowest BCUT2D eigenvalue weighted by atomic mass is 9.87. The number of esters is 1. The predicted molar refractivity (Wildman–Crippen MR) is 108 cm³/mol. The van der Waals surface area contributed by atoms with Gasteiger partial charge in [0.2, 0.25) is 0 Å². The van der Waals surface area contributed by atoms with E-state index in [1.165, 1.54) is 5.56 Å². The third-order valence-corrected chi connectivity index (χ3v) is 3.90. The number of carbonyl (C=O) groups is 2. The number of anilines is 1. The summed E-state index contributed by atoms with van der Waals surface area (Å²) in [7, 11) is 0. The summed E-state index contributed by atoms with van der Waals surface area (Å²) in [6.07, 6.45) is 0. The predicted octanol–water partition coefficient (Wildman–Crippen LogP) is 3.94. The minimum Gasteiger partial charge on any atom is -0.492 e. The molecule has 0 spiro atoms. The molecule has 0 aliphatic carbocycles. The van der Waals surface area contributed by atoms with Crippen molar-refractivity contribution >= 4 is 17.6 Å². The molecule has 28 heavy (non-hydrogen) atoms. The smallest absolute Gasteiger partial charge is 0.344 e. The van der Waals surface area contributed by atoms with E-state index in [2.05, 4.69) is 26.1 Å². The first-order valence-electron chi connectivity index (χ1n) is 9.20. The second kappa shape index (κ2) is 9.78. The van der Waals surface area contributed by atoms with E-state index in [9.17, 15) is 9.59 Å². The van der Waals surface area contributed by atoms with E-state index in [1.807, 2.05) is 37.3 Å². The summed E-state index contributed by atoms with van der Waals surface area (Å²) < 4.78 is 15.8. The summed E-state index contributed by atoms with van der Waals surface area (Å²) in [5.41, 5.74) is 1.75. The Balaban J connectivity index is 1.77. The first-order chi connectivity index (χ1) is 13.3. The maximum absolute atomic E-state index is 12.0. The summed E-state index contributed by atoms with van der Waals surface area (Å²) in [6.45, 7) is 8.05. The van der Waals surface area contributed by atoms with Gasteiger partial charge in [-0.3, -0.25) is 4.79 Å². The number of ether oxygens (including phenoxy) is 3. The molecule has 0 aromatic heterocycles. The van der Waals surface area contributed by atoms with Crippen LogP contribution >= 0.6 is 0 Å². The first-order valence-corrected chi connectivity index (χ1v) is 9.20. The average Bonchev–Trinajstić information content (AvgIpc) is 2.66. The number of benzene rings is 2. The fourth-order valence-electron chi connectivity index (χ4n) is 2.42. The van der Waals surface area contributed by atoms with Gasteiger partial charge in [-0.1, -0.05) is 45.0 Å². The molecule has 0 saturated carbocycles. The van der Waals surface area contributed by atoms with Crippen LogP contribution in [0.1, 0.15) is 33.3 Å². The summed E-state index contributed by atoms with van der Waals surface area (Å²) in [5, 5.41) is 2.66. The van der Waals surface area contributed by atoms with Gasteiger partial charge in [0, 0.05) is 0 Å². The van der Waals surface area contributed by atoms with Crippen LogP contribution in [-0.2, 0) is 19.7 Å². The number of hydrogen-bond donors (Lipinski definition) is 1. The summed E-state index contributed by atoms with van der Waals surface area (Å²) in [4.78, 5) is 23.8. The topological polar surface area (TPSA) is 73.9 Å². The molecule has 0 radical (unpaired) electrons. The number of nitrogens with one attached hydrogen (secondary N) is 1. The van der Waals surface area contributed by atoms with Gasteiger partial charge in [-0.15, -0.1) is 0 Å². The van der Waals surface area contributed by atoms with Crippen molar-refractivity contribution in [3.05, 3.63) is 54.1 Å². The van der Waals surface area contributed by atoms with Crippen molar-refractivity contribution in [1.29, 1.82) is 0 Å². The van der Waals surface area contributed by atoms with Crippen LogP contribution in [0, 0.1) is 0 Å². The zero-order valence-corrected chi connectivity index (χ0v) is 16.8. The number of para-hydroxylation sites is 2. The van der Waals surface area contributed by atoms with Crippen LogP contribution in [-0.4, -0.2) is 31.7 Å². The first kappa shape index (κ1) is 21.3. The highest BCUT2D eigenvalue weighted by Crippen LogP contribution is 2.24. The van der Waals surface area contributed by atoms with Gasteiger partial charge in [0.25, 0.3) is 5.91 Å². The highest BCUT2D eigenvalue weighted by atomic mass is 16.6. The maximum atomic E-state index is 12.0. The highest BCUT2D eigenvalue weighted by Gasteiger charge is 2.14. The van der Waals surface area contributed by atoms with Crippen molar-refractivity contribution in [1.82, 2.24) is 0 Å². The van der Waals surface area contributed by atoms with Crippen LogP contribution in [0.3, 0.4) is 0 Å². The van der Waals surface area contributed by atoms with Crippen molar-refractivity contribution in [3.8, 4) is 11.5 Å². The molecule has 0 unspecified atom stereocenters. The molecule has 0 aliphatic heterocycles. The molecule has 1 amide bonds. The molecule has 0 bridgehead atoms. The Morgan fingerprint density at radius 1 is 0.929 bits per heavy atom. The lowest BCUT2D eigenvalue weighted by Crippen LogP contribution is -2.24. The largest absolute Gasteiger partial charge is 0.492 e. The van der Waals surface area contributed by atoms with Crippen LogP contribution in [0.15, 0.2) is 48.5 Å². The fourth-order valence-corrected chi connectivity index (χ4v) is 2.42. The van der Waals surface area contributed by atoms with E-state index < -0.39 is 18.5 Å². The standard InChI is InChI=1S/C22H27NO5/c1-5-26-19-9-7-6-8-18(19)23-20(24)14-28-21(25)15-27-17-12-10-16(11-13-17)22(2,3)4/h6-13H,5,14-15H2,1-4H3,(H,23,24). The minimum atomic E-state index is -0.617. The molecular weight excluding hydrogens is 358 g/mol. The van der Waals surface area contributed by atoms with Crippen LogP contribution < -0.4 is 14.8 Å². The summed E-state index contributed by atoms with van der Waals surface area (Å²) in [6, 6.07) is 14.6. The van der Waals surface area contributed by atoms with Gasteiger partial charge in [-0.25, -0.2) is 4.79 Å². The monoisotopic (exact) mass is 385 g/mol. The molecule has 6 heteroatoms. The van der Waals surface area contributed by atoms with Crippen molar-refractivity contribution in [2.75, 3.05) is 25.1 Å². The zero-order chi connectivity index (χ0) is 20.6.